The maximum Gasteiger partial charge on any atom is 0.0838 e. The Bertz CT molecular complexity index is 2340. The van der Waals surface area contributed by atoms with E-state index in [2.05, 4.69) is 142 Å². The molecule has 2 atom stereocenters. The van der Waals surface area contributed by atoms with Gasteiger partial charge in [-0.25, -0.2) is 0 Å². The van der Waals surface area contributed by atoms with Crippen LogP contribution in [-0.2, 0) is 13.1 Å². The standard InChI is InChI=1S/C48H36N4/c1-7-29-49(30-8-2)37-25-21-35(22-26-37)43-45-39-17-13-15-19-41(39)52(34-12-6)48(45)44(36-23-27-38(28-24-36)50(31-9-3)32-10-4)46-40-18-14-16-20-42(40)51(33-11-5)47(43)46/h1-6,13-28,43-44H,29-34H2. The van der Waals surface area contributed by atoms with Gasteiger partial charge in [-0.3, -0.25) is 0 Å². The Labute approximate surface area is 307 Å². The first-order valence-electron chi connectivity index (χ1n) is 17.1. The third-order valence-electron chi connectivity index (χ3n) is 10.0. The largest absolute Gasteiger partial charge is 0.349 e. The summed E-state index contributed by atoms with van der Waals surface area (Å²) >= 11 is 0. The van der Waals surface area contributed by atoms with Gasteiger partial charge in [0.1, 0.15) is 0 Å². The lowest BCUT2D eigenvalue weighted by Gasteiger charge is -2.34. The molecule has 1 aliphatic rings. The van der Waals surface area contributed by atoms with Crippen LogP contribution in [0.3, 0.4) is 0 Å². The molecule has 4 nitrogen and oxygen atoms in total. The van der Waals surface area contributed by atoms with E-state index in [0.29, 0.717) is 39.3 Å². The van der Waals surface area contributed by atoms with E-state index in [4.69, 9.17) is 38.5 Å². The summed E-state index contributed by atoms with van der Waals surface area (Å²) in [5.74, 6) is 16.6. The van der Waals surface area contributed by atoms with Crippen LogP contribution in [0, 0.1) is 74.1 Å². The van der Waals surface area contributed by atoms with Crippen LogP contribution >= 0.6 is 0 Å². The summed E-state index contributed by atoms with van der Waals surface area (Å²) < 4.78 is 4.65. The van der Waals surface area contributed by atoms with Gasteiger partial charge in [-0.1, -0.05) is 96.2 Å². The highest BCUT2D eigenvalue weighted by Crippen LogP contribution is 2.55. The van der Waals surface area contributed by atoms with Crippen LogP contribution in [0.4, 0.5) is 11.4 Å². The van der Waals surface area contributed by atoms with Crippen molar-refractivity contribution in [3.05, 3.63) is 131 Å². The molecule has 0 fully saturated rings. The van der Waals surface area contributed by atoms with Gasteiger partial charge in [0.25, 0.3) is 0 Å². The lowest BCUT2D eigenvalue weighted by molar-refractivity contribution is 0.687. The van der Waals surface area contributed by atoms with Crippen LogP contribution in [0.15, 0.2) is 97.1 Å². The molecule has 248 valence electrons. The summed E-state index contributed by atoms with van der Waals surface area (Å²) in [5, 5.41) is 2.31. The molecule has 7 rings (SSSR count). The predicted octanol–water partition coefficient (Wildman–Crippen LogP) is 7.68. The van der Waals surface area contributed by atoms with Gasteiger partial charge < -0.3 is 18.9 Å². The van der Waals surface area contributed by atoms with Gasteiger partial charge >= 0.3 is 0 Å². The zero-order chi connectivity index (χ0) is 36.2. The normalized spacial score (nSPS) is 14.1. The fourth-order valence-electron chi connectivity index (χ4n) is 8.05. The first-order valence-corrected chi connectivity index (χ1v) is 17.1. The quantitative estimate of drug-likeness (QED) is 0.139. The van der Waals surface area contributed by atoms with Crippen molar-refractivity contribution < 1.29 is 0 Å². The van der Waals surface area contributed by atoms with Crippen molar-refractivity contribution in [2.24, 2.45) is 0 Å². The first kappa shape index (κ1) is 33.4. The van der Waals surface area contributed by atoms with Gasteiger partial charge in [0, 0.05) is 44.6 Å². The Morgan fingerprint density at radius 3 is 1.12 bits per heavy atom. The van der Waals surface area contributed by atoms with Crippen molar-refractivity contribution in [3.8, 4) is 74.1 Å². The molecule has 2 heterocycles. The summed E-state index contributed by atoms with van der Waals surface area (Å²) in [5.41, 5.74) is 11.2. The number of hydrogen-bond donors (Lipinski definition) is 0. The van der Waals surface area contributed by atoms with Crippen LogP contribution < -0.4 is 9.80 Å². The van der Waals surface area contributed by atoms with Gasteiger partial charge in [-0.15, -0.1) is 38.5 Å². The molecule has 0 radical (unpaired) electrons. The number of para-hydroxylation sites is 2. The second-order valence-electron chi connectivity index (χ2n) is 12.8. The Balaban J connectivity index is 1.56. The van der Waals surface area contributed by atoms with E-state index in [1.807, 2.05) is 9.80 Å². The van der Waals surface area contributed by atoms with Gasteiger partial charge in [0.2, 0.25) is 0 Å². The molecule has 4 heteroatoms. The van der Waals surface area contributed by atoms with Crippen molar-refractivity contribution in [2.75, 3.05) is 36.0 Å². The predicted molar refractivity (Wildman–Crippen MR) is 216 cm³/mol. The molecule has 0 saturated carbocycles. The number of benzene rings is 4. The van der Waals surface area contributed by atoms with E-state index in [9.17, 15) is 0 Å². The van der Waals surface area contributed by atoms with Crippen molar-refractivity contribution in [1.82, 2.24) is 9.13 Å². The van der Waals surface area contributed by atoms with Crippen molar-refractivity contribution in [1.29, 1.82) is 0 Å². The summed E-state index contributed by atoms with van der Waals surface area (Å²) in [7, 11) is 0. The maximum atomic E-state index is 6.14. The SMILES string of the molecule is C#CCN(CC#C)c1ccc(C2c3c(n(CC#C)c4ccccc34)C(c3ccc(N(CC#C)CC#C)cc3)c3c2n(CC#C)c2ccccc32)cc1. The van der Waals surface area contributed by atoms with Gasteiger partial charge in [-0.05, 0) is 58.7 Å². The van der Waals surface area contributed by atoms with Crippen LogP contribution in [0.25, 0.3) is 21.8 Å². The molecular weight excluding hydrogens is 633 g/mol. The summed E-state index contributed by atoms with van der Waals surface area (Å²) in [6, 6.07) is 34.3. The molecule has 2 unspecified atom stereocenters. The molecule has 0 spiro atoms. The molecule has 0 bridgehead atoms. The van der Waals surface area contributed by atoms with Crippen molar-refractivity contribution >= 4 is 33.2 Å². The third-order valence-corrected chi connectivity index (χ3v) is 10.0. The molecule has 4 aromatic carbocycles. The Kier molecular flexibility index (Phi) is 9.26. The van der Waals surface area contributed by atoms with E-state index in [1.54, 1.807) is 0 Å². The van der Waals surface area contributed by atoms with Gasteiger partial charge in [0.05, 0.1) is 51.1 Å². The molecular formula is C48H36N4. The number of nitrogens with zero attached hydrogens (tertiary/aromatic N) is 4. The summed E-state index contributed by atoms with van der Waals surface area (Å²) in [6.45, 7) is 2.50. The summed E-state index contributed by atoms with van der Waals surface area (Å²) in [4.78, 5) is 4.04. The van der Waals surface area contributed by atoms with Crippen LogP contribution in [0.2, 0.25) is 0 Å². The Morgan fingerprint density at radius 2 is 0.788 bits per heavy atom. The minimum atomic E-state index is -0.158. The molecule has 0 aliphatic heterocycles. The van der Waals surface area contributed by atoms with Crippen LogP contribution in [-0.4, -0.2) is 35.3 Å². The molecule has 0 amide bonds. The molecule has 2 aromatic heterocycles. The highest BCUT2D eigenvalue weighted by atomic mass is 15.1. The highest BCUT2D eigenvalue weighted by Gasteiger charge is 2.42. The second-order valence-corrected chi connectivity index (χ2v) is 12.8. The highest BCUT2D eigenvalue weighted by molar-refractivity contribution is 5.94. The zero-order valence-electron chi connectivity index (χ0n) is 28.9. The zero-order valence-corrected chi connectivity index (χ0v) is 28.9. The maximum absolute atomic E-state index is 6.14. The number of terminal acetylenes is 6. The molecule has 6 aromatic rings. The number of aromatic nitrogens is 2. The second kappa shape index (κ2) is 14.4. The molecule has 0 saturated heterocycles. The topological polar surface area (TPSA) is 16.3 Å². The Hall–Kier alpha value is -7.08. The monoisotopic (exact) mass is 668 g/mol. The van der Waals surface area contributed by atoms with Gasteiger partial charge in [0.15, 0.2) is 0 Å². The molecule has 1 aliphatic carbocycles. The number of fused-ring (bicyclic) bond motifs is 6. The number of hydrogen-bond acceptors (Lipinski definition) is 2. The van der Waals surface area contributed by atoms with E-state index >= 15 is 0 Å². The minimum Gasteiger partial charge on any atom is -0.349 e. The smallest absolute Gasteiger partial charge is 0.0838 e. The van der Waals surface area contributed by atoms with Crippen LogP contribution in [0.5, 0.6) is 0 Å². The third kappa shape index (κ3) is 5.52. The van der Waals surface area contributed by atoms with E-state index in [-0.39, 0.29) is 11.8 Å². The molecule has 52 heavy (non-hydrogen) atoms. The van der Waals surface area contributed by atoms with Crippen LogP contribution in [0.1, 0.15) is 45.5 Å². The van der Waals surface area contributed by atoms with E-state index in [1.165, 1.54) is 22.5 Å². The number of anilines is 2. The summed E-state index contributed by atoms with van der Waals surface area (Å²) in [6.07, 6.45) is 35.1. The minimum absolute atomic E-state index is 0.158. The van der Waals surface area contributed by atoms with Gasteiger partial charge in [-0.2, -0.15) is 0 Å². The fraction of sp³-hybridized carbons (Fsp3) is 0.167. The average molecular weight is 669 g/mol. The lowest BCUT2D eigenvalue weighted by atomic mass is 9.72. The average Bonchev–Trinajstić information content (AvgIpc) is 3.67. The first-order chi connectivity index (χ1) is 25.6. The van der Waals surface area contributed by atoms with E-state index < -0.39 is 0 Å². The van der Waals surface area contributed by atoms with E-state index in [0.717, 1.165) is 44.3 Å². The van der Waals surface area contributed by atoms with Crippen molar-refractivity contribution in [2.45, 2.75) is 24.9 Å². The molecule has 0 N–H and O–H groups in total. The Morgan fingerprint density at radius 1 is 0.442 bits per heavy atom. The number of rotatable bonds is 10. The fourth-order valence-corrected chi connectivity index (χ4v) is 8.05. The lowest BCUT2D eigenvalue weighted by Crippen LogP contribution is -2.25. The van der Waals surface area contributed by atoms with Crippen molar-refractivity contribution in [3.63, 3.8) is 0 Å².